The standard InChI is InChI=1S/C21H23N3O6S/c1-23-21(30-15-25)12-20(22-23)31(26,27)24(13-16-4-8-18(28-2)9-5-16)14-17-6-10-19(29-3)11-7-17/h4-12,15H,13-14H2,1-3H3. The number of hydrogen-bond acceptors (Lipinski definition) is 7. The largest absolute Gasteiger partial charge is 0.497 e. The first-order valence-electron chi connectivity index (χ1n) is 9.27. The zero-order chi connectivity index (χ0) is 22.4. The van der Waals surface area contributed by atoms with E-state index < -0.39 is 10.0 Å². The van der Waals surface area contributed by atoms with E-state index >= 15 is 0 Å². The third-order valence-corrected chi connectivity index (χ3v) is 6.29. The molecule has 3 rings (SSSR count). The highest BCUT2D eigenvalue weighted by Gasteiger charge is 2.29. The summed E-state index contributed by atoms with van der Waals surface area (Å²) in [6.07, 6.45) is 0. The zero-order valence-electron chi connectivity index (χ0n) is 17.4. The summed E-state index contributed by atoms with van der Waals surface area (Å²) in [7, 11) is 0.619. The maximum absolute atomic E-state index is 13.4. The summed E-state index contributed by atoms with van der Waals surface area (Å²) in [5.74, 6) is 1.38. The maximum atomic E-state index is 13.4. The van der Waals surface area contributed by atoms with Crippen molar-refractivity contribution >= 4 is 16.5 Å². The minimum absolute atomic E-state index is 0.0300. The predicted molar refractivity (Wildman–Crippen MR) is 112 cm³/mol. The van der Waals surface area contributed by atoms with Crippen LogP contribution in [0, 0.1) is 0 Å². The lowest BCUT2D eigenvalue weighted by Crippen LogP contribution is -2.30. The number of rotatable bonds is 10. The molecular weight excluding hydrogens is 422 g/mol. The van der Waals surface area contributed by atoms with Gasteiger partial charge < -0.3 is 14.2 Å². The van der Waals surface area contributed by atoms with Gasteiger partial charge in [0.15, 0.2) is 5.03 Å². The molecule has 0 aliphatic carbocycles. The van der Waals surface area contributed by atoms with E-state index in [0.29, 0.717) is 11.5 Å². The Hall–Kier alpha value is -3.37. The number of hydrogen-bond donors (Lipinski definition) is 0. The number of benzene rings is 2. The molecule has 0 fully saturated rings. The van der Waals surface area contributed by atoms with E-state index in [-0.39, 0.29) is 30.5 Å². The summed E-state index contributed by atoms with van der Waals surface area (Å²) in [5.41, 5.74) is 1.55. The Labute approximate surface area is 180 Å². The SMILES string of the molecule is COc1ccc(CN(Cc2ccc(OC)cc2)S(=O)(=O)c2cc(OC=O)n(C)n2)cc1. The fraction of sp³-hybridized carbons (Fsp3) is 0.238. The minimum Gasteiger partial charge on any atom is -0.497 e. The first kappa shape index (κ1) is 22.3. The number of aromatic nitrogens is 2. The Bertz CT molecular complexity index is 1080. The van der Waals surface area contributed by atoms with E-state index in [0.717, 1.165) is 11.1 Å². The topological polar surface area (TPSA) is 100.0 Å². The molecule has 1 aromatic heterocycles. The molecule has 0 aliphatic rings. The second kappa shape index (κ2) is 9.63. The molecule has 9 nitrogen and oxygen atoms in total. The molecule has 164 valence electrons. The average Bonchev–Trinajstić information content (AvgIpc) is 3.15. The van der Waals surface area contributed by atoms with Gasteiger partial charge in [-0.15, -0.1) is 0 Å². The molecule has 0 atom stereocenters. The zero-order valence-corrected chi connectivity index (χ0v) is 18.2. The lowest BCUT2D eigenvalue weighted by molar-refractivity contribution is -0.121. The third-order valence-electron chi connectivity index (χ3n) is 4.62. The van der Waals surface area contributed by atoms with Crippen LogP contribution in [0.15, 0.2) is 59.6 Å². The van der Waals surface area contributed by atoms with E-state index in [1.165, 1.54) is 22.1 Å². The van der Waals surface area contributed by atoms with Gasteiger partial charge in [0.25, 0.3) is 16.5 Å². The molecule has 0 N–H and O–H groups in total. The summed E-state index contributed by atoms with van der Waals surface area (Å²) in [4.78, 5) is 10.7. The molecule has 0 saturated heterocycles. The summed E-state index contributed by atoms with van der Waals surface area (Å²) < 4.78 is 44.5. The van der Waals surface area contributed by atoms with E-state index in [9.17, 15) is 13.2 Å². The summed E-state index contributed by atoms with van der Waals surface area (Å²) in [5, 5.41) is 3.81. The van der Waals surface area contributed by atoms with Gasteiger partial charge in [-0.2, -0.15) is 9.40 Å². The van der Waals surface area contributed by atoms with E-state index in [4.69, 9.17) is 14.2 Å². The van der Waals surface area contributed by atoms with Gasteiger partial charge in [0.1, 0.15) is 11.5 Å². The van der Waals surface area contributed by atoms with Crippen molar-refractivity contribution in [1.29, 1.82) is 0 Å². The van der Waals surface area contributed by atoms with Gasteiger partial charge in [-0.05, 0) is 35.4 Å². The van der Waals surface area contributed by atoms with Crippen LogP contribution in [0.5, 0.6) is 17.4 Å². The molecule has 2 aromatic carbocycles. The minimum atomic E-state index is -4.01. The highest BCUT2D eigenvalue weighted by atomic mass is 32.2. The molecule has 10 heteroatoms. The molecule has 0 spiro atoms. The Morgan fingerprint density at radius 3 is 1.84 bits per heavy atom. The normalized spacial score (nSPS) is 11.4. The van der Waals surface area contributed by atoms with Crippen LogP contribution in [0.1, 0.15) is 11.1 Å². The number of nitrogens with zero attached hydrogens (tertiary/aromatic N) is 3. The Balaban J connectivity index is 1.95. The molecule has 0 aliphatic heterocycles. The maximum Gasteiger partial charge on any atom is 0.299 e. The van der Waals surface area contributed by atoms with E-state index in [1.807, 2.05) is 0 Å². The second-order valence-electron chi connectivity index (χ2n) is 6.63. The van der Waals surface area contributed by atoms with E-state index in [1.54, 1.807) is 62.8 Å². The van der Waals surface area contributed by atoms with Gasteiger partial charge in [-0.25, -0.2) is 13.1 Å². The van der Waals surface area contributed by atoms with Crippen molar-refractivity contribution < 1.29 is 27.4 Å². The van der Waals surface area contributed by atoms with Crippen LogP contribution < -0.4 is 14.2 Å². The summed E-state index contributed by atoms with van der Waals surface area (Å²) >= 11 is 0. The Morgan fingerprint density at radius 1 is 0.935 bits per heavy atom. The van der Waals surface area contributed by atoms with Crippen molar-refractivity contribution in [2.24, 2.45) is 7.05 Å². The molecule has 0 bridgehead atoms. The lowest BCUT2D eigenvalue weighted by Gasteiger charge is -2.21. The lowest BCUT2D eigenvalue weighted by atomic mass is 10.2. The Morgan fingerprint density at radius 2 is 1.42 bits per heavy atom. The first-order valence-corrected chi connectivity index (χ1v) is 10.7. The monoisotopic (exact) mass is 445 g/mol. The van der Waals surface area contributed by atoms with Gasteiger partial charge >= 0.3 is 0 Å². The first-order chi connectivity index (χ1) is 14.9. The predicted octanol–water partition coefficient (Wildman–Crippen LogP) is 2.36. The number of sulfonamides is 1. The van der Waals surface area contributed by atoms with Crippen LogP contribution in [0.25, 0.3) is 0 Å². The molecule has 1 heterocycles. The molecule has 0 radical (unpaired) electrons. The smallest absolute Gasteiger partial charge is 0.299 e. The van der Waals surface area contributed by atoms with Crippen LogP contribution in [-0.4, -0.2) is 43.2 Å². The fourth-order valence-corrected chi connectivity index (χ4v) is 4.32. The average molecular weight is 445 g/mol. The van der Waals surface area contributed by atoms with Crippen molar-refractivity contribution in [3.63, 3.8) is 0 Å². The van der Waals surface area contributed by atoms with Crippen molar-refractivity contribution in [3.05, 3.63) is 65.7 Å². The van der Waals surface area contributed by atoms with Gasteiger partial charge in [-0.1, -0.05) is 24.3 Å². The molecule has 0 saturated carbocycles. The van der Waals surface area contributed by atoms with Gasteiger partial charge in [0, 0.05) is 26.2 Å². The third kappa shape index (κ3) is 5.22. The summed E-state index contributed by atoms with van der Waals surface area (Å²) in [6, 6.07) is 15.5. The number of carbonyl (C=O) groups is 1. The number of ether oxygens (including phenoxy) is 3. The van der Waals surface area contributed by atoms with Crippen LogP contribution in [-0.2, 0) is 35.0 Å². The quantitative estimate of drug-likeness (QED) is 0.442. The molecule has 0 unspecified atom stereocenters. The van der Waals surface area contributed by atoms with Crippen LogP contribution in [0.2, 0.25) is 0 Å². The van der Waals surface area contributed by atoms with Crippen molar-refractivity contribution in [2.45, 2.75) is 18.1 Å². The van der Waals surface area contributed by atoms with E-state index in [2.05, 4.69) is 5.10 Å². The van der Waals surface area contributed by atoms with Gasteiger partial charge in [0.2, 0.25) is 5.88 Å². The van der Waals surface area contributed by atoms with Crippen molar-refractivity contribution in [1.82, 2.24) is 14.1 Å². The number of carbonyl (C=O) groups excluding carboxylic acids is 1. The fourth-order valence-electron chi connectivity index (χ4n) is 2.94. The van der Waals surface area contributed by atoms with Crippen molar-refractivity contribution in [2.75, 3.05) is 14.2 Å². The Kier molecular flexibility index (Phi) is 6.93. The molecule has 31 heavy (non-hydrogen) atoms. The van der Waals surface area contributed by atoms with Gasteiger partial charge in [-0.3, -0.25) is 4.79 Å². The molecule has 3 aromatic rings. The number of aryl methyl sites for hydroxylation is 1. The van der Waals surface area contributed by atoms with Gasteiger partial charge in [0.05, 0.1) is 14.2 Å². The number of methoxy groups -OCH3 is 2. The van der Waals surface area contributed by atoms with Crippen LogP contribution >= 0.6 is 0 Å². The molecule has 0 amide bonds. The highest BCUT2D eigenvalue weighted by Crippen LogP contribution is 2.24. The van der Waals surface area contributed by atoms with Crippen molar-refractivity contribution in [3.8, 4) is 17.4 Å². The molecular formula is C21H23N3O6S. The second-order valence-corrected chi connectivity index (χ2v) is 8.51. The van der Waals surface area contributed by atoms with Crippen LogP contribution in [0.4, 0.5) is 0 Å². The van der Waals surface area contributed by atoms with Crippen LogP contribution in [0.3, 0.4) is 0 Å². The highest BCUT2D eigenvalue weighted by molar-refractivity contribution is 7.89. The summed E-state index contributed by atoms with van der Waals surface area (Å²) in [6.45, 7) is 0.442.